The van der Waals surface area contributed by atoms with Gasteiger partial charge in [0, 0.05) is 37.9 Å². The molecule has 0 radical (unpaired) electrons. The van der Waals surface area contributed by atoms with Gasteiger partial charge in [-0.1, -0.05) is 0 Å². The first-order valence-electron chi connectivity index (χ1n) is 7.61. The normalized spacial score (nSPS) is 23.4. The molecule has 1 fully saturated rings. The van der Waals surface area contributed by atoms with Crippen molar-refractivity contribution in [2.45, 2.75) is 44.2 Å². The number of hydrogen-bond donors (Lipinski definition) is 1. The molecular formula is C15H24N4S. The molecule has 2 heterocycles. The van der Waals surface area contributed by atoms with Gasteiger partial charge in [0.25, 0.3) is 0 Å². The minimum atomic E-state index is 0.461. The molecule has 1 unspecified atom stereocenters. The summed E-state index contributed by atoms with van der Waals surface area (Å²) >= 11 is 2.08. The first-order chi connectivity index (χ1) is 9.74. The molecule has 0 saturated carbocycles. The highest BCUT2D eigenvalue weighted by atomic mass is 32.2. The molecule has 0 bridgehead atoms. The molecule has 0 spiro atoms. The van der Waals surface area contributed by atoms with E-state index in [9.17, 15) is 0 Å². The van der Waals surface area contributed by atoms with Gasteiger partial charge in [0.1, 0.15) is 0 Å². The number of aryl methyl sites for hydroxylation is 1. The minimum absolute atomic E-state index is 0.461. The van der Waals surface area contributed by atoms with Gasteiger partial charge in [-0.15, -0.1) is 0 Å². The average molecular weight is 292 g/mol. The van der Waals surface area contributed by atoms with Crippen LogP contribution in [-0.4, -0.2) is 41.6 Å². The fraction of sp³-hybridized carbons (Fsp3) is 0.733. The predicted molar refractivity (Wildman–Crippen MR) is 85.5 cm³/mol. The lowest BCUT2D eigenvalue weighted by Gasteiger charge is -2.31. The lowest BCUT2D eigenvalue weighted by atomic mass is 9.91. The molecule has 1 saturated heterocycles. The molecule has 5 heteroatoms. The smallest absolute Gasteiger partial charge is 0.225 e. The first-order valence-corrected chi connectivity index (χ1v) is 8.76. The van der Waals surface area contributed by atoms with E-state index < -0.39 is 0 Å². The van der Waals surface area contributed by atoms with Gasteiger partial charge in [0.15, 0.2) is 0 Å². The zero-order chi connectivity index (χ0) is 13.9. The summed E-state index contributed by atoms with van der Waals surface area (Å²) in [4.78, 5) is 11.2. The van der Waals surface area contributed by atoms with E-state index in [1.54, 1.807) is 0 Å². The van der Waals surface area contributed by atoms with Crippen molar-refractivity contribution >= 4 is 17.7 Å². The molecule has 1 aromatic heterocycles. The Labute approximate surface area is 125 Å². The monoisotopic (exact) mass is 292 g/mol. The Morgan fingerprint density at radius 2 is 2.05 bits per heavy atom. The van der Waals surface area contributed by atoms with E-state index in [2.05, 4.69) is 22.1 Å². The number of hydrogen-bond acceptors (Lipinski definition) is 5. The third-order valence-corrected chi connectivity index (χ3v) is 5.28. The summed E-state index contributed by atoms with van der Waals surface area (Å²) < 4.78 is 0. The summed E-state index contributed by atoms with van der Waals surface area (Å²) in [5.74, 6) is 3.43. The number of nitrogens with zero attached hydrogens (tertiary/aromatic N) is 3. The summed E-state index contributed by atoms with van der Waals surface area (Å²) in [6, 6.07) is 1.14. The van der Waals surface area contributed by atoms with Crippen LogP contribution in [0, 0.1) is 0 Å². The molecule has 20 heavy (non-hydrogen) atoms. The van der Waals surface area contributed by atoms with Gasteiger partial charge in [-0.05, 0) is 43.6 Å². The van der Waals surface area contributed by atoms with Crippen molar-refractivity contribution < 1.29 is 0 Å². The van der Waals surface area contributed by atoms with Crippen molar-refractivity contribution in [2.24, 2.45) is 0 Å². The van der Waals surface area contributed by atoms with Crippen LogP contribution >= 0.6 is 11.8 Å². The first kappa shape index (κ1) is 14.1. The Morgan fingerprint density at radius 1 is 1.25 bits per heavy atom. The third kappa shape index (κ3) is 3.09. The molecule has 0 aromatic carbocycles. The molecule has 4 nitrogen and oxygen atoms in total. The van der Waals surface area contributed by atoms with Gasteiger partial charge in [0.2, 0.25) is 5.95 Å². The van der Waals surface area contributed by atoms with Gasteiger partial charge in [-0.3, -0.25) is 0 Å². The molecular weight excluding hydrogens is 268 g/mol. The number of nitrogens with one attached hydrogen (secondary N) is 1. The maximum absolute atomic E-state index is 4.73. The number of rotatable bonds is 3. The van der Waals surface area contributed by atoms with Crippen LogP contribution in [0.1, 0.15) is 43.0 Å². The van der Waals surface area contributed by atoms with Crippen molar-refractivity contribution in [3.63, 3.8) is 0 Å². The summed E-state index contributed by atoms with van der Waals surface area (Å²) in [6.45, 7) is 0. The Hall–Kier alpha value is -0.810. The van der Waals surface area contributed by atoms with E-state index in [1.807, 2.05) is 25.2 Å². The van der Waals surface area contributed by atoms with Gasteiger partial charge in [-0.2, -0.15) is 11.8 Å². The minimum Gasteiger partial charge on any atom is -0.347 e. The summed E-state index contributed by atoms with van der Waals surface area (Å²) in [5.41, 5.74) is 2.58. The molecule has 3 rings (SSSR count). The quantitative estimate of drug-likeness (QED) is 0.926. The molecule has 1 N–H and O–H groups in total. The predicted octanol–water partition coefficient (Wildman–Crippen LogP) is 2.41. The van der Waals surface area contributed by atoms with Crippen LogP contribution in [0.5, 0.6) is 0 Å². The number of fused-ring (bicyclic) bond motifs is 1. The van der Waals surface area contributed by atoms with Gasteiger partial charge in [0.05, 0.1) is 5.69 Å². The largest absolute Gasteiger partial charge is 0.347 e. The van der Waals surface area contributed by atoms with Gasteiger partial charge < -0.3 is 10.2 Å². The molecule has 1 aliphatic heterocycles. The Morgan fingerprint density at radius 3 is 2.80 bits per heavy atom. The van der Waals surface area contributed by atoms with Gasteiger partial charge >= 0.3 is 0 Å². The van der Waals surface area contributed by atoms with Crippen molar-refractivity contribution in [3.8, 4) is 0 Å². The van der Waals surface area contributed by atoms with Crippen molar-refractivity contribution in [1.29, 1.82) is 0 Å². The standard InChI is InChI=1S/C15H24N4S/c1-19(2)15-16-10-12-13(4-3-5-14(12)18-15)17-11-6-8-20-9-7-11/h10-11,13,17H,3-9H2,1-2H3. The molecule has 1 aliphatic carbocycles. The van der Waals surface area contributed by atoms with Crippen LogP contribution in [0.4, 0.5) is 5.95 Å². The van der Waals surface area contributed by atoms with Gasteiger partial charge in [-0.25, -0.2) is 9.97 Å². The van der Waals surface area contributed by atoms with Crippen LogP contribution in [0.15, 0.2) is 6.20 Å². The maximum Gasteiger partial charge on any atom is 0.225 e. The van der Waals surface area contributed by atoms with Crippen LogP contribution in [0.3, 0.4) is 0 Å². The highest BCUT2D eigenvalue weighted by Crippen LogP contribution is 2.30. The van der Waals surface area contributed by atoms with E-state index in [4.69, 9.17) is 4.98 Å². The van der Waals surface area contributed by atoms with E-state index in [1.165, 1.54) is 48.4 Å². The van der Waals surface area contributed by atoms with Crippen LogP contribution in [0.2, 0.25) is 0 Å². The van der Waals surface area contributed by atoms with E-state index in [0.29, 0.717) is 12.1 Å². The SMILES string of the molecule is CN(C)c1ncc2c(n1)CCCC2NC1CCSCC1. The van der Waals surface area contributed by atoms with Crippen LogP contribution < -0.4 is 10.2 Å². The molecule has 2 aliphatic rings. The van der Waals surface area contributed by atoms with Crippen LogP contribution in [0.25, 0.3) is 0 Å². The zero-order valence-electron chi connectivity index (χ0n) is 12.4. The highest BCUT2D eigenvalue weighted by molar-refractivity contribution is 7.99. The third-order valence-electron chi connectivity index (χ3n) is 4.23. The average Bonchev–Trinajstić information content (AvgIpc) is 2.48. The molecule has 0 amide bonds. The lowest BCUT2D eigenvalue weighted by Crippen LogP contribution is -2.37. The van der Waals surface area contributed by atoms with Crippen LogP contribution in [-0.2, 0) is 6.42 Å². The molecule has 1 atom stereocenters. The van der Waals surface area contributed by atoms with E-state index in [0.717, 1.165) is 12.4 Å². The Balaban J connectivity index is 1.75. The lowest BCUT2D eigenvalue weighted by molar-refractivity contribution is 0.375. The highest BCUT2D eigenvalue weighted by Gasteiger charge is 2.25. The fourth-order valence-electron chi connectivity index (χ4n) is 3.07. The molecule has 110 valence electrons. The van der Waals surface area contributed by atoms with E-state index in [-0.39, 0.29) is 0 Å². The van der Waals surface area contributed by atoms with Crippen molar-refractivity contribution in [2.75, 3.05) is 30.5 Å². The van der Waals surface area contributed by atoms with Crippen molar-refractivity contribution in [1.82, 2.24) is 15.3 Å². The second kappa shape index (κ2) is 6.31. The van der Waals surface area contributed by atoms with Crippen molar-refractivity contribution in [3.05, 3.63) is 17.5 Å². The second-order valence-electron chi connectivity index (χ2n) is 5.96. The molecule has 1 aromatic rings. The maximum atomic E-state index is 4.73. The Kier molecular flexibility index (Phi) is 4.46. The number of anilines is 1. The van der Waals surface area contributed by atoms with E-state index >= 15 is 0 Å². The zero-order valence-corrected chi connectivity index (χ0v) is 13.2. The fourth-order valence-corrected chi connectivity index (χ4v) is 4.18. The topological polar surface area (TPSA) is 41.1 Å². The summed E-state index contributed by atoms with van der Waals surface area (Å²) in [6.07, 6.45) is 8.20. The summed E-state index contributed by atoms with van der Waals surface area (Å²) in [5, 5.41) is 3.86. The summed E-state index contributed by atoms with van der Waals surface area (Å²) in [7, 11) is 4.00. The number of thioether (sulfide) groups is 1. The Bertz CT molecular complexity index is 457. The number of aromatic nitrogens is 2. The second-order valence-corrected chi connectivity index (χ2v) is 7.19.